The van der Waals surface area contributed by atoms with E-state index in [0.717, 1.165) is 54.1 Å². The largest absolute Gasteiger partial charge is 0.492 e. The maximum absolute atomic E-state index is 13.0. The summed E-state index contributed by atoms with van der Waals surface area (Å²) in [4.78, 5) is 23.2. The van der Waals surface area contributed by atoms with Crippen LogP contribution in [0.3, 0.4) is 0 Å². The topological polar surface area (TPSA) is 57.7 Å². The van der Waals surface area contributed by atoms with Gasteiger partial charge in [0.25, 0.3) is 5.91 Å². The Kier molecular flexibility index (Phi) is 6.95. The second-order valence-electron chi connectivity index (χ2n) is 8.06. The first kappa shape index (κ1) is 22.1. The zero-order chi connectivity index (χ0) is 22.5. The van der Waals surface area contributed by atoms with E-state index in [2.05, 4.69) is 41.1 Å². The van der Waals surface area contributed by atoms with Gasteiger partial charge in [0.05, 0.1) is 18.0 Å². The quantitative estimate of drug-likeness (QED) is 0.533. The summed E-state index contributed by atoms with van der Waals surface area (Å²) >= 11 is 1.49. The van der Waals surface area contributed by atoms with E-state index in [1.807, 2.05) is 49.4 Å². The average molecular weight is 451 g/mol. The molecule has 1 N–H and O–H groups in total. The number of hydrogen-bond acceptors (Lipinski definition) is 6. The minimum absolute atomic E-state index is 0.0899. The smallest absolute Gasteiger partial charge is 0.267 e. The van der Waals surface area contributed by atoms with E-state index in [1.165, 1.54) is 11.3 Å². The Morgan fingerprint density at radius 2 is 1.69 bits per heavy atom. The van der Waals surface area contributed by atoms with Gasteiger partial charge in [-0.1, -0.05) is 55.5 Å². The lowest BCUT2D eigenvalue weighted by molar-refractivity contribution is 0.102. The number of amides is 1. The van der Waals surface area contributed by atoms with Crippen LogP contribution in [0.25, 0.3) is 0 Å². The van der Waals surface area contributed by atoms with Crippen molar-refractivity contribution in [1.82, 2.24) is 4.98 Å². The van der Waals surface area contributed by atoms with E-state index in [1.54, 1.807) is 0 Å². The van der Waals surface area contributed by atoms with Crippen LogP contribution in [0.15, 0.2) is 54.6 Å². The number of aromatic nitrogens is 1. The summed E-state index contributed by atoms with van der Waals surface area (Å²) < 4.78 is 5.81. The fraction of sp³-hybridized carbons (Fsp3) is 0.360. The highest BCUT2D eigenvalue weighted by atomic mass is 32.1. The minimum Gasteiger partial charge on any atom is -0.492 e. The third kappa shape index (κ3) is 4.88. The standard InChI is InChI=1S/C25H30N4O2S/c1-4-31-21-13-9-8-12-20(21)28-14-16-29(17-15-28)25-27-22(18(2)3)23(32-25)24(30)26-19-10-6-5-7-11-19/h5-13,18H,4,14-17H2,1-3H3,(H,26,30). The number of piperazine rings is 1. The summed E-state index contributed by atoms with van der Waals surface area (Å²) in [6.45, 7) is 10.3. The normalized spacial score (nSPS) is 14.0. The van der Waals surface area contributed by atoms with Crippen LogP contribution in [0.5, 0.6) is 5.75 Å². The second-order valence-corrected chi connectivity index (χ2v) is 9.04. The van der Waals surface area contributed by atoms with Gasteiger partial charge in [-0.05, 0) is 37.1 Å². The molecule has 0 aliphatic carbocycles. The van der Waals surface area contributed by atoms with Crippen LogP contribution in [0.2, 0.25) is 0 Å². The van der Waals surface area contributed by atoms with Gasteiger partial charge in [0.2, 0.25) is 0 Å². The predicted octanol–water partition coefficient (Wildman–Crippen LogP) is 5.24. The molecule has 0 atom stereocenters. The monoisotopic (exact) mass is 450 g/mol. The lowest BCUT2D eigenvalue weighted by atomic mass is 10.1. The molecule has 0 spiro atoms. The Hall–Kier alpha value is -3.06. The van der Waals surface area contributed by atoms with Gasteiger partial charge in [-0.2, -0.15) is 0 Å². The van der Waals surface area contributed by atoms with Crippen LogP contribution in [-0.4, -0.2) is 43.7 Å². The number of carbonyl (C=O) groups excluding carboxylic acids is 1. The minimum atomic E-state index is -0.0899. The maximum Gasteiger partial charge on any atom is 0.267 e. The Labute approximate surface area is 193 Å². The van der Waals surface area contributed by atoms with Gasteiger partial charge in [-0.25, -0.2) is 4.98 Å². The molecule has 2 aromatic carbocycles. The number of anilines is 3. The number of rotatable bonds is 7. The summed E-state index contributed by atoms with van der Waals surface area (Å²) in [6, 6.07) is 17.8. The first-order chi connectivity index (χ1) is 15.6. The molecule has 168 valence electrons. The Morgan fingerprint density at radius 3 is 2.38 bits per heavy atom. The van der Waals surface area contributed by atoms with E-state index in [0.29, 0.717) is 11.5 Å². The Balaban J connectivity index is 1.48. The van der Waals surface area contributed by atoms with Crippen molar-refractivity contribution in [3.63, 3.8) is 0 Å². The van der Waals surface area contributed by atoms with Gasteiger partial charge in [0.15, 0.2) is 5.13 Å². The lowest BCUT2D eigenvalue weighted by Gasteiger charge is -2.36. The van der Waals surface area contributed by atoms with Crippen molar-refractivity contribution in [2.45, 2.75) is 26.7 Å². The van der Waals surface area contributed by atoms with Crippen molar-refractivity contribution < 1.29 is 9.53 Å². The van der Waals surface area contributed by atoms with Crippen LogP contribution < -0.4 is 19.9 Å². The number of carbonyl (C=O) groups is 1. The van der Waals surface area contributed by atoms with Crippen LogP contribution >= 0.6 is 11.3 Å². The molecule has 7 heteroatoms. The number of ether oxygens (including phenoxy) is 1. The Bertz CT molecular complexity index is 1040. The van der Waals surface area contributed by atoms with Crippen LogP contribution in [0.4, 0.5) is 16.5 Å². The second kappa shape index (κ2) is 10.0. The molecule has 2 heterocycles. The first-order valence-corrected chi connectivity index (χ1v) is 12.0. The zero-order valence-corrected chi connectivity index (χ0v) is 19.7. The van der Waals surface area contributed by atoms with Crippen molar-refractivity contribution >= 4 is 33.8 Å². The van der Waals surface area contributed by atoms with Crippen LogP contribution in [0.1, 0.15) is 42.1 Å². The van der Waals surface area contributed by atoms with E-state index in [4.69, 9.17) is 9.72 Å². The van der Waals surface area contributed by atoms with Crippen molar-refractivity contribution in [2.24, 2.45) is 0 Å². The molecule has 1 fully saturated rings. The van der Waals surface area contributed by atoms with Crippen molar-refractivity contribution in [1.29, 1.82) is 0 Å². The highest BCUT2D eigenvalue weighted by molar-refractivity contribution is 7.17. The van der Waals surface area contributed by atoms with E-state index in [-0.39, 0.29) is 11.8 Å². The third-order valence-electron chi connectivity index (χ3n) is 5.48. The van der Waals surface area contributed by atoms with E-state index < -0.39 is 0 Å². The van der Waals surface area contributed by atoms with Gasteiger partial charge in [-0.15, -0.1) is 0 Å². The van der Waals surface area contributed by atoms with Gasteiger partial charge < -0.3 is 19.9 Å². The summed E-state index contributed by atoms with van der Waals surface area (Å²) in [5.41, 5.74) is 2.80. The fourth-order valence-electron chi connectivity index (χ4n) is 3.85. The first-order valence-electron chi connectivity index (χ1n) is 11.2. The highest BCUT2D eigenvalue weighted by Gasteiger charge is 2.26. The number of hydrogen-bond donors (Lipinski definition) is 1. The fourth-order valence-corrected chi connectivity index (χ4v) is 5.02. The summed E-state index contributed by atoms with van der Waals surface area (Å²) in [6.07, 6.45) is 0. The number of nitrogens with one attached hydrogen (secondary N) is 1. The number of benzene rings is 2. The maximum atomic E-state index is 13.0. The molecule has 0 saturated carbocycles. The summed E-state index contributed by atoms with van der Waals surface area (Å²) in [5.74, 6) is 1.02. The summed E-state index contributed by atoms with van der Waals surface area (Å²) in [7, 11) is 0. The summed E-state index contributed by atoms with van der Waals surface area (Å²) in [5, 5.41) is 3.93. The molecule has 4 rings (SSSR count). The van der Waals surface area contributed by atoms with Crippen LogP contribution in [0, 0.1) is 0 Å². The molecule has 1 aromatic heterocycles. The van der Waals surface area contributed by atoms with Gasteiger partial charge >= 0.3 is 0 Å². The molecule has 32 heavy (non-hydrogen) atoms. The number of nitrogens with zero attached hydrogens (tertiary/aromatic N) is 3. The van der Waals surface area contributed by atoms with Crippen molar-refractivity contribution in [3.05, 3.63) is 65.2 Å². The van der Waals surface area contributed by atoms with Crippen molar-refractivity contribution in [3.8, 4) is 5.75 Å². The molecule has 0 radical (unpaired) electrons. The SMILES string of the molecule is CCOc1ccccc1N1CCN(c2nc(C(C)C)c(C(=O)Nc3ccccc3)s2)CC1. The molecule has 3 aromatic rings. The average Bonchev–Trinajstić information content (AvgIpc) is 3.27. The van der Waals surface area contributed by atoms with Gasteiger partial charge in [0.1, 0.15) is 10.6 Å². The molecule has 1 saturated heterocycles. The van der Waals surface area contributed by atoms with Crippen molar-refractivity contribution in [2.75, 3.05) is 47.9 Å². The van der Waals surface area contributed by atoms with E-state index >= 15 is 0 Å². The molecular formula is C25H30N4O2S. The number of para-hydroxylation sites is 3. The molecule has 6 nitrogen and oxygen atoms in total. The van der Waals surface area contributed by atoms with E-state index in [9.17, 15) is 4.79 Å². The molecule has 1 amide bonds. The lowest BCUT2D eigenvalue weighted by Crippen LogP contribution is -2.46. The Morgan fingerprint density at radius 1 is 1.03 bits per heavy atom. The van der Waals surface area contributed by atoms with Gasteiger partial charge in [0, 0.05) is 31.9 Å². The van der Waals surface area contributed by atoms with Gasteiger partial charge in [-0.3, -0.25) is 4.79 Å². The number of thiazole rings is 1. The molecule has 0 bridgehead atoms. The molecule has 1 aliphatic heterocycles. The molecule has 0 unspecified atom stereocenters. The molecular weight excluding hydrogens is 420 g/mol. The highest BCUT2D eigenvalue weighted by Crippen LogP contribution is 2.34. The molecule has 1 aliphatic rings. The predicted molar refractivity (Wildman–Crippen MR) is 133 cm³/mol. The van der Waals surface area contributed by atoms with Crippen LogP contribution in [-0.2, 0) is 0 Å². The third-order valence-corrected chi connectivity index (χ3v) is 6.61. The zero-order valence-electron chi connectivity index (χ0n) is 18.9.